The molecule has 24 heavy (non-hydrogen) atoms. The van der Waals surface area contributed by atoms with Crippen molar-refractivity contribution in [2.24, 2.45) is 10.9 Å². The molecule has 0 aliphatic heterocycles. The van der Waals surface area contributed by atoms with Crippen LogP contribution in [0.3, 0.4) is 0 Å². The van der Waals surface area contributed by atoms with E-state index in [1.807, 2.05) is 18.2 Å². The van der Waals surface area contributed by atoms with Crippen LogP contribution in [-0.2, 0) is 11.3 Å². The molecule has 1 fully saturated rings. The van der Waals surface area contributed by atoms with Gasteiger partial charge in [-0.3, -0.25) is 9.79 Å². The van der Waals surface area contributed by atoms with Crippen molar-refractivity contribution in [1.82, 2.24) is 10.6 Å². The molecule has 0 radical (unpaired) electrons. The molecule has 1 aliphatic carbocycles. The second kappa shape index (κ2) is 9.30. The molecule has 132 valence electrons. The standard InChI is InChI=1S/C19H30N4O/c1-4-14(2)22-19(20-3)21-13-15-8-7-11-17(12-15)23-18(24)16-9-5-6-10-16/h7-8,11-12,14,16H,4-6,9-10,13H2,1-3H3,(H,23,24)(H2,20,21,22). The molecule has 5 nitrogen and oxygen atoms in total. The van der Waals surface area contributed by atoms with Crippen LogP contribution in [0, 0.1) is 5.92 Å². The highest BCUT2D eigenvalue weighted by atomic mass is 16.1. The van der Waals surface area contributed by atoms with Crippen molar-refractivity contribution in [2.45, 2.75) is 58.5 Å². The monoisotopic (exact) mass is 330 g/mol. The number of carbonyl (C=O) groups excluding carboxylic acids is 1. The first-order chi connectivity index (χ1) is 11.6. The van der Waals surface area contributed by atoms with E-state index in [1.165, 1.54) is 12.8 Å². The predicted molar refractivity (Wildman–Crippen MR) is 100 cm³/mol. The number of amides is 1. The van der Waals surface area contributed by atoms with Crippen LogP contribution >= 0.6 is 0 Å². The smallest absolute Gasteiger partial charge is 0.227 e. The summed E-state index contributed by atoms with van der Waals surface area (Å²) in [6.07, 6.45) is 5.42. The normalized spacial score (nSPS) is 16.7. The topological polar surface area (TPSA) is 65.5 Å². The van der Waals surface area contributed by atoms with Gasteiger partial charge in [0.1, 0.15) is 0 Å². The van der Waals surface area contributed by atoms with Crippen molar-refractivity contribution in [3.05, 3.63) is 29.8 Å². The lowest BCUT2D eigenvalue weighted by atomic mass is 10.1. The SMILES string of the molecule is CCC(C)NC(=NC)NCc1cccc(NC(=O)C2CCCC2)c1. The van der Waals surface area contributed by atoms with Crippen molar-refractivity contribution < 1.29 is 4.79 Å². The fourth-order valence-electron chi connectivity index (χ4n) is 2.91. The maximum absolute atomic E-state index is 12.2. The van der Waals surface area contributed by atoms with Crippen molar-refractivity contribution in [1.29, 1.82) is 0 Å². The lowest BCUT2D eigenvalue weighted by Crippen LogP contribution is -2.41. The number of guanidine groups is 1. The molecule has 0 saturated heterocycles. The number of aliphatic imine (C=N–C) groups is 1. The molecule has 5 heteroatoms. The van der Waals surface area contributed by atoms with Crippen LogP contribution in [0.1, 0.15) is 51.5 Å². The Balaban J connectivity index is 1.88. The average molecular weight is 330 g/mol. The van der Waals surface area contributed by atoms with Crippen LogP contribution in [0.15, 0.2) is 29.3 Å². The van der Waals surface area contributed by atoms with E-state index in [0.717, 1.165) is 36.5 Å². The molecule has 2 rings (SSSR count). The minimum atomic E-state index is 0.159. The molecular formula is C19H30N4O. The summed E-state index contributed by atoms with van der Waals surface area (Å²) < 4.78 is 0. The summed E-state index contributed by atoms with van der Waals surface area (Å²) in [5.41, 5.74) is 1.99. The van der Waals surface area contributed by atoms with E-state index in [2.05, 4.69) is 40.9 Å². The molecule has 1 unspecified atom stereocenters. The van der Waals surface area contributed by atoms with Gasteiger partial charge in [-0.15, -0.1) is 0 Å². The Morgan fingerprint density at radius 2 is 2.08 bits per heavy atom. The van der Waals surface area contributed by atoms with Gasteiger partial charge in [0.25, 0.3) is 0 Å². The lowest BCUT2D eigenvalue weighted by Gasteiger charge is -2.17. The van der Waals surface area contributed by atoms with Crippen molar-refractivity contribution >= 4 is 17.6 Å². The summed E-state index contributed by atoms with van der Waals surface area (Å²) in [5, 5.41) is 9.71. The Morgan fingerprint density at radius 3 is 2.75 bits per heavy atom. The number of nitrogens with zero attached hydrogens (tertiary/aromatic N) is 1. The largest absolute Gasteiger partial charge is 0.354 e. The van der Waals surface area contributed by atoms with E-state index in [4.69, 9.17) is 0 Å². The molecule has 0 aromatic heterocycles. The predicted octanol–water partition coefficient (Wildman–Crippen LogP) is 3.28. The number of anilines is 1. The van der Waals surface area contributed by atoms with E-state index in [1.54, 1.807) is 7.05 Å². The number of nitrogens with one attached hydrogen (secondary N) is 3. The van der Waals surface area contributed by atoms with Crippen LogP contribution in [0.25, 0.3) is 0 Å². The Hall–Kier alpha value is -2.04. The third kappa shape index (κ3) is 5.55. The Kier molecular flexibility index (Phi) is 7.09. The van der Waals surface area contributed by atoms with Crippen molar-refractivity contribution in [3.63, 3.8) is 0 Å². The summed E-state index contributed by atoms with van der Waals surface area (Å²) in [4.78, 5) is 16.5. The van der Waals surface area contributed by atoms with Gasteiger partial charge in [-0.25, -0.2) is 0 Å². The van der Waals surface area contributed by atoms with Gasteiger partial charge in [0.2, 0.25) is 5.91 Å². The summed E-state index contributed by atoms with van der Waals surface area (Å²) in [6, 6.07) is 8.38. The zero-order chi connectivity index (χ0) is 17.4. The van der Waals surface area contributed by atoms with Gasteiger partial charge >= 0.3 is 0 Å². The average Bonchev–Trinajstić information content (AvgIpc) is 3.13. The van der Waals surface area contributed by atoms with E-state index in [-0.39, 0.29) is 11.8 Å². The van der Waals surface area contributed by atoms with E-state index in [0.29, 0.717) is 12.6 Å². The second-order valence-corrected chi connectivity index (χ2v) is 6.55. The number of carbonyl (C=O) groups is 1. The van der Waals surface area contributed by atoms with Crippen molar-refractivity contribution in [3.8, 4) is 0 Å². The first-order valence-corrected chi connectivity index (χ1v) is 8.99. The molecule has 0 spiro atoms. The highest BCUT2D eigenvalue weighted by Gasteiger charge is 2.22. The van der Waals surface area contributed by atoms with E-state index in [9.17, 15) is 4.79 Å². The van der Waals surface area contributed by atoms with Crippen LogP contribution < -0.4 is 16.0 Å². The number of hydrogen-bond donors (Lipinski definition) is 3. The molecular weight excluding hydrogens is 300 g/mol. The fraction of sp³-hybridized carbons (Fsp3) is 0.579. The molecule has 1 aromatic carbocycles. The highest BCUT2D eigenvalue weighted by Crippen LogP contribution is 2.26. The molecule has 1 atom stereocenters. The first kappa shape index (κ1) is 18.3. The summed E-state index contributed by atoms with van der Waals surface area (Å²) in [7, 11) is 1.77. The molecule has 1 aliphatic rings. The fourth-order valence-corrected chi connectivity index (χ4v) is 2.91. The number of hydrogen-bond acceptors (Lipinski definition) is 2. The molecule has 1 aromatic rings. The van der Waals surface area contributed by atoms with Gasteiger partial charge in [-0.05, 0) is 43.9 Å². The zero-order valence-corrected chi connectivity index (χ0v) is 15.1. The first-order valence-electron chi connectivity index (χ1n) is 8.99. The molecule has 0 heterocycles. The summed E-state index contributed by atoms with van der Waals surface area (Å²) >= 11 is 0. The molecule has 3 N–H and O–H groups in total. The quantitative estimate of drug-likeness (QED) is 0.554. The van der Waals surface area contributed by atoms with Gasteiger partial charge in [0, 0.05) is 31.2 Å². The zero-order valence-electron chi connectivity index (χ0n) is 15.1. The van der Waals surface area contributed by atoms with Crippen LogP contribution in [0.2, 0.25) is 0 Å². The minimum absolute atomic E-state index is 0.159. The van der Waals surface area contributed by atoms with Crippen LogP contribution in [-0.4, -0.2) is 25.0 Å². The maximum atomic E-state index is 12.2. The lowest BCUT2D eigenvalue weighted by molar-refractivity contribution is -0.119. The maximum Gasteiger partial charge on any atom is 0.227 e. The van der Waals surface area contributed by atoms with E-state index >= 15 is 0 Å². The van der Waals surface area contributed by atoms with Gasteiger partial charge in [-0.1, -0.05) is 31.9 Å². The molecule has 1 amide bonds. The van der Waals surface area contributed by atoms with Gasteiger partial charge in [0.05, 0.1) is 0 Å². The van der Waals surface area contributed by atoms with Crippen LogP contribution in [0.5, 0.6) is 0 Å². The van der Waals surface area contributed by atoms with Gasteiger partial charge in [0.15, 0.2) is 5.96 Å². The van der Waals surface area contributed by atoms with Gasteiger partial charge < -0.3 is 16.0 Å². The minimum Gasteiger partial charge on any atom is -0.354 e. The second-order valence-electron chi connectivity index (χ2n) is 6.55. The van der Waals surface area contributed by atoms with Crippen molar-refractivity contribution in [2.75, 3.05) is 12.4 Å². The Labute approximate surface area is 145 Å². The van der Waals surface area contributed by atoms with Gasteiger partial charge in [-0.2, -0.15) is 0 Å². The number of benzene rings is 1. The Bertz CT molecular complexity index is 564. The van der Waals surface area contributed by atoms with E-state index < -0.39 is 0 Å². The third-order valence-corrected chi connectivity index (χ3v) is 4.60. The summed E-state index contributed by atoms with van der Waals surface area (Å²) in [6.45, 7) is 4.94. The number of rotatable bonds is 6. The highest BCUT2D eigenvalue weighted by molar-refractivity contribution is 5.92. The Morgan fingerprint density at radius 1 is 1.33 bits per heavy atom. The molecule has 1 saturated carbocycles. The third-order valence-electron chi connectivity index (χ3n) is 4.60. The van der Waals surface area contributed by atoms with Crippen LogP contribution in [0.4, 0.5) is 5.69 Å². The summed E-state index contributed by atoms with van der Waals surface area (Å²) in [5.74, 6) is 1.14. The molecule has 0 bridgehead atoms.